The first-order chi connectivity index (χ1) is 13.8. The number of carbonyl (C=O) groups is 1. The van der Waals surface area contributed by atoms with E-state index in [1.807, 2.05) is 87.2 Å². The van der Waals surface area contributed by atoms with Crippen LogP contribution in [0, 0.1) is 6.92 Å². The number of nitrogen functional groups attached to an aromatic ring is 1. The van der Waals surface area contributed by atoms with E-state index < -0.39 is 0 Å². The summed E-state index contributed by atoms with van der Waals surface area (Å²) in [6.07, 6.45) is 0. The number of nitrogens with two attached hydrogens (primary N) is 1. The van der Waals surface area contributed by atoms with Crippen LogP contribution in [0.25, 0.3) is 11.4 Å². The Morgan fingerprint density at radius 3 is 2.34 bits per heavy atom. The topological polar surface area (TPSA) is 77.0 Å². The third-order valence-electron chi connectivity index (χ3n) is 4.59. The first kappa shape index (κ1) is 20.9. The summed E-state index contributed by atoms with van der Waals surface area (Å²) in [5.41, 5.74) is 2.86. The lowest BCUT2D eigenvalue weighted by molar-refractivity contribution is -0.133. The Bertz CT molecular complexity index is 961. The van der Waals surface area contributed by atoms with E-state index in [9.17, 15) is 4.79 Å². The number of hydrogen-bond acceptors (Lipinski definition) is 5. The van der Waals surface area contributed by atoms with Crippen LogP contribution >= 0.6 is 11.8 Å². The molecule has 0 saturated heterocycles. The lowest BCUT2D eigenvalue weighted by Gasteiger charge is -2.36. The van der Waals surface area contributed by atoms with Gasteiger partial charge in [0.2, 0.25) is 11.1 Å². The molecule has 152 valence electrons. The summed E-state index contributed by atoms with van der Waals surface area (Å²) in [7, 11) is 0. The van der Waals surface area contributed by atoms with Gasteiger partial charge in [-0.3, -0.25) is 4.79 Å². The summed E-state index contributed by atoms with van der Waals surface area (Å²) in [5.74, 6) is 7.05. The van der Waals surface area contributed by atoms with Gasteiger partial charge in [-0.2, -0.15) is 0 Å². The molecule has 3 aromatic rings. The predicted molar refractivity (Wildman–Crippen MR) is 118 cm³/mol. The summed E-state index contributed by atoms with van der Waals surface area (Å²) >= 11 is 1.30. The van der Waals surface area contributed by atoms with Crippen LogP contribution < -0.4 is 5.84 Å². The van der Waals surface area contributed by atoms with Crippen LogP contribution in [-0.4, -0.2) is 37.0 Å². The number of benzene rings is 2. The van der Waals surface area contributed by atoms with Gasteiger partial charge in [-0.05, 0) is 33.3 Å². The van der Waals surface area contributed by atoms with Crippen LogP contribution in [0.4, 0.5) is 0 Å². The van der Waals surface area contributed by atoms with E-state index in [0.29, 0.717) is 17.5 Å². The van der Waals surface area contributed by atoms with Gasteiger partial charge >= 0.3 is 0 Å². The zero-order chi connectivity index (χ0) is 21.0. The van der Waals surface area contributed by atoms with Crippen molar-refractivity contribution < 1.29 is 4.79 Å². The molecule has 0 unspecified atom stereocenters. The molecule has 1 aromatic heterocycles. The molecule has 7 heteroatoms. The summed E-state index contributed by atoms with van der Waals surface area (Å²) in [6, 6.07) is 17.9. The van der Waals surface area contributed by atoms with E-state index in [1.165, 1.54) is 16.4 Å². The van der Waals surface area contributed by atoms with Crippen LogP contribution in [0.15, 0.2) is 59.8 Å². The lowest BCUT2D eigenvalue weighted by atomic mass is 10.0. The second-order valence-electron chi connectivity index (χ2n) is 7.97. The lowest BCUT2D eigenvalue weighted by Crippen LogP contribution is -2.46. The standard InChI is InChI=1S/C22H27N5OS/c1-16-10-12-18(13-11-16)20-24-25-21(27(20)23)29-15-19(28)26(22(2,3)4)14-17-8-6-5-7-9-17/h5-13H,14-15,23H2,1-4H3. The number of aromatic nitrogens is 3. The average Bonchev–Trinajstić information content (AvgIpc) is 3.05. The van der Waals surface area contributed by atoms with Crippen molar-refractivity contribution in [3.05, 3.63) is 65.7 Å². The summed E-state index contributed by atoms with van der Waals surface area (Å²) in [5, 5.41) is 8.89. The molecule has 0 atom stereocenters. The van der Waals surface area contributed by atoms with Crippen LogP contribution in [0.3, 0.4) is 0 Å². The molecule has 0 spiro atoms. The molecule has 0 saturated carbocycles. The van der Waals surface area contributed by atoms with Crippen LogP contribution in [0.5, 0.6) is 0 Å². The van der Waals surface area contributed by atoms with Gasteiger partial charge in [0.25, 0.3) is 0 Å². The van der Waals surface area contributed by atoms with E-state index in [0.717, 1.165) is 16.7 Å². The molecule has 6 nitrogen and oxygen atoms in total. The molecule has 0 aliphatic rings. The highest BCUT2D eigenvalue weighted by Gasteiger charge is 2.27. The minimum absolute atomic E-state index is 0.0336. The molecule has 0 aliphatic heterocycles. The van der Waals surface area contributed by atoms with Crippen molar-refractivity contribution in [3.63, 3.8) is 0 Å². The Morgan fingerprint density at radius 2 is 1.72 bits per heavy atom. The number of aryl methyl sites for hydroxylation is 1. The summed E-state index contributed by atoms with van der Waals surface area (Å²) < 4.78 is 1.45. The summed E-state index contributed by atoms with van der Waals surface area (Å²) in [6.45, 7) is 8.71. The van der Waals surface area contributed by atoms with E-state index in [1.54, 1.807) is 0 Å². The Morgan fingerprint density at radius 1 is 1.07 bits per heavy atom. The molecular formula is C22H27N5OS. The van der Waals surface area contributed by atoms with Gasteiger partial charge in [0.1, 0.15) is 0 Å². The normalized spacial score (nSPS) is 11.4. The molecule has 29 heavy (non-hydrogen) atoms. The molecule has 0 aliphatic carbocycles. The highest BCUT2D eigenvalue weighted by Crippen LogP contribution is 2.24. The third-order valence-corrected chi connectivity index (χ3v) is 5.52. The zero-order valence-corrected chi connectivity index (χ0v) is 18.1. The average molecular weight is 410 g/mol. The smallest absolute Gasteiger partial charge is 0.233 e. The van der Waals surface area contributed by atoms with Gasteiger partial charge < -0.3 is 10.7 Å². The van der Waals surface area contributed by atoms with E-state index in [4.69, 9.17) is 5.84 Å². The van der Waals surface area contributed by atoms with E-state index >= 15 is 0 Å². The number of nitrogens with zero attached hydrogens (tertiary/aromatic N) is 4. The Balaban J connectivity index is 1.71. The van der Waals surface area contributed by atoms with Crippen molar-refractivity contribution in [2.45, 2.75) is 44.9 Å². The third kappa shape index (κ3) is 5.17. The van der Waals surface area contributed by atoms with Gasteiger partial charge in [-0.1, -0.05) is 71.9 Å². The fraction of sp³-hybridized carbons (Fsp3) is 0.318. The fourth-order valence-electron chi connectivity index (χ4n) is 2.94. The quantitative estimate of drug-likeness (QED) is 0.494. The maximum atomic E-state index is 13.0. The molecule has 1 amide bonds. The number of thioether (sulfide) groups is 1. The van der Waals surface area contributed by atoms with Crippen LogP contribution in [0.1, 0.15) is 31.9 Å². The molecule has 0 bridgehead atoms. The minimum atomic E-state index is -0.295. The van der Waals surface area contributed by atoms with Crippen LogP contribution in [-0.2, 0) is 11.3 Å². The molecule has 1 heterocycles. The molecule has 0 radical (unpaired) electrons. The largest absolute Gasteiger partial charge is 0.335 e. The van der Waals surface area contributed by atoms with Gasteiger partial charge in [0.15, 0.2) is 5.82 Å². The number of amides is 1. The Hall–Kier alpha value is -2.80. The molecular weight excluding hydrogens is 382 g/mol. The fourth-order valence-corrected chi connectivity index (χ4v) is 3.68. The molecule has 0 fully saturated rings. The van der Waals surface area contributed by atoms with Crippen molar-refractivity contribution in [2.75, 3.05) is 11.6 Å². The van der Waals surface area contributed by atoms with E-state index in [2.05, 4.69) is 10.2 Å². The van der Waals surface area contributed by atoms with Crippen molar-refractivity contribution in [2.24, 2.45) is 0 Å². The minimum Gasteiger partial charge on any atom is -0.335 e. The molecule has 3 rings (SSSR count). The molecule has 2 aromatic carbocycles. The van der Waals surface area contributed by atoms with Crippen molar-refractivity contribution >= 4 is 17.7 Å². The van der Waals surface area contributed by atoms with E-state index in [-0.39, 0.29) is 17.2 Å². The van der Waals surface area contributed by atoms with Gasteiger partial charge in [-0.25, -0.2) is 4.68 Å². The van der Waals surface area contributed by atoms with Crippen molar-refractivity contribution in [3.8, 4) is 11.4 Å². The number of hydrogen-bond donors (Lipinski definition) is 1. The maximum Gasteiger partial charge on any atom is 0.233 e. The van der Waals surface area contributed by atoms with Crippen molar-refractivity contribution in [1.82, 2.24) is 19.8 Å². The second-order valence-corrected chi connectivity index (χ2v) is 8.91. The Labute approximate surface area is 176 Å². The predicted octanol–water partition coefficient (Wildman–Crippen LogP) is 3.89. The maximum absolute atomic E-state index is 13.0. The first-order valence-corrected chi connectivity index (χ1v) is 10.5. The zero-order valence-electron chi connectivity index (χ0n) is 17.3. The highest BCUT2D eigenvalue weighted by atomic mass is 32.2. The van der Waals surface area contributed by atoms with Crippen molar-refractivity contribution in [1.29, 1.82) is 0 Å². The first-order valence-electron chi connectivity index (χ1n) is 9.50. The second kappa shape index (κ2) is 8.69. The van der Waals surface area contributed by atoms with Gasteiger partial charge in [-0.15, -0.1) is 10.2 Å². The molecule has 2 N–H and O–H groups in total. The number of carbonyl (C=O) groups excluding carboxylic acids is 1. The number of rotatable bonds is 6. The monoisotopic (exact) mass is 409 g/mol. The summed E-state index contributed by atoms with van der Waals surface area (Å²) in [4.78, 5) is 14.9. The Kier molecular flexibility index (Phi) is 6.27. The SMILES string of the molecule is Cc1ccc(-c2nnc(SCC(=O)N(Cc3ccccc3)C(C)(C)C)n2N)cc1. The van der Waals surface area contributed by atoms with Gasteiger partial charge in [0, 0.05) is 17.6 Å². The van der Waals surface area contributed by atoms with Gasteiger partial charge in [0.05, 0.1) is 5.75 Å². The van der Waals surface area contributed by atoms with Crippen LogP contribution in [0.2, 0.25) is 0 Å². The highest BCUT2D eigenvalue weighted by molar-refractivity contribution is 7.99.